The fourth-order valence-corrected chi connectivity index (χ4v) is 2.34. The van der Waals surface area contributed by atoms with Gasteiger partial charge in [-0.05, 0) is 41.8 Å². The fraction of sp³-hybridized carbons (Fsp3) is 0.250. The summed E-state index contributed by atoms with van der Waals surface area (Å²) in [5, 5.41) is 5.35. The molecule has 0 saturated heterocycles. The number of benzene rings is 2. The Morgan fingerprint density at radius 3 is 2.31 bits per heavy atom. The summed E-state index contributed by atoms with van der Waals surface area (Å²) in [6.45, 7) is 3.12. The molecule has 0 fully saturated rings. The number of carbonyl (C=O) groups excluding carboxylic acids is 3. The van der Waals surface area contributed by atoms with Crippen LogP contribution in [0.2, 0.25) is 0 Å². The third-order valence-electron chi connectivity index (χ3n) is 3.61. The molecule has 26 heavy (non-hydrogen) atoms. The molecule has 0 aliphatic carbocycles. The van der Waals surface area contributed by atoms with Crippen LogP contribution in [0.15, 0.2) is 48.5 Å². The van der Waals surface area contributed by atoms with Crippen LogP contribution in [-0.2, 0) is 32.0 Å². The zero-order valence-electron chi connectivity index (χ0n) is 14.9. The lowest BCUT2D eigenvalue weighted by molar-refractivity contribution is -0.146. The zero-order valence-corrected chi connectivity index (χ0v) is 14.9. The van der Waals surface area contributed by atoms with Gasteiger partial charge < -0.3 is 15.4 Å². The first kappa shape index (κ1) is 19.2. The lowest BCUT2D eigenvalue weighted by atomic mass is 10.1. The first-order valence-corrected chi connectivity index (χ1v) is 8.37. The second kappa shape index (κ2) is 9.36. The Bertz CT molecular complexity index is 785. The summed E-state index contributed by atoms with van der Waals surface area (Å²) >= 11 is 0. The number of anilines is 2. The molecule has 2 rings (SSSR count). The number of carbonyl (C=O) groups is 3. The number of amides is 2. The van der Waals surface area contributed by atoms with Gasteiger partial charge in [0.15, 0.2) is 6.61 Å². The van der Waals surface area contributed by atoms with Crippen LogP contribution >= 0.6 is 0 Å². The van der Waals surface area contributed by atoms with Crippen molar-refractivity contribution in [3.63, 3.8) is 0 Å². The molecule has 0 bridgehead atoms. The van der Waals surface area contributed by atoms with Crippen LogP contribution < -0.4 is 10.6 Å². The molecule has 136 valence electrons. The highest BCUT2D eigenvalue weighted by atomic mass is 16.5. The van der Waals surface area contributed by atoms with Crippen molar-refractivity contribution in [1.82, 2.24) is 0 Å². The van der Waals surface area contributed by atoms with Crippen LogP contribution in [0.5, 0.6) is 0 Å². The third-order valence-corrected chi connectivity index (χ3v) is 3.61. The summed E-state index contributed by atoms with van der Waals surface area (Å²) < 4.78 is 5.01. The molecule has 6 heteroatoms. The normalized spacial score (nSPS) is 10.1. The standard InChI is InChI=1S/C20H22N2O4/c1-3-15-5-4-6-18(11-15)22-19(24)13-26-20(25)12-16-7-9-17(10-8-16)21-14(2)23/h4-11H,3,12-13H2,1-2H3,(H,21,23)(H,22,24). The lowest BCUT2D eigenvalue weighted by Gasteiger charge is -2.08. The predicted molar refractivity (Wildman–Crippen MR) is 99.9 cm³/mol. The Morgan fingerprint density at radius 1 is 0.923 bits per heavy atom. The maximum Gasteiger partial charge on any atom is 0.310 e. The molecular weight excluding hydrogens is 332 g/mol. The summed E-state index contributed by atoms with van der Waals surface area (Å²) in [6, 6.07) is 14.4. The molecular formula is C20H22N2O4. The number of esters is 1. The quantitative estimate of drug-likeness (QED) is 0.749. The molecule has 0 aliphatic rings. The minimum atomic E-state index is -0.491. The topological polar surface area (TPSA) is 84.5 Å². The number of nitrogens with one attached hydrogen (secondary N) is 2. The monoisotopic (exact) mass is 354 g/mol. The van der Waals surface area contributed by atoms with E-state index >= 15 is 0 Å². The molecule has 0 saturated carbocycles. The van der Waals surface area contributed by atoms with Crippen LogP contribution in [0.25, 0.3) is 0 Å². The maximum atomic E-state index is 11.9. The molecule has 2 aromatic carbocycles. The van der Waals surface area contributed by atoms with Crippen molar-refractivity contribution >= 4 is 29.2 Å². The molecule has 2 N–H and O–H groups in total. The lowest BCUT2D eigenvalue weighted by Crippen LogP contribution is -2.21. The van der Waals surface area contributed by atoms with E-state index in [1.807, 2.05) is 25.1 Å². The molecule has 0 heterocycles. The summed E-state index contributed by atoms with van der Waals surface area (Å²) in [4.78, 5) is 34.7. The number of ether oxygens (including phenoxy) is 1. The third kappa shape index (κ3) is 6.39. The van der Waals surface area contributed by atoms with Gasteiger partial charge in [-0.1, -0.05) is 31.2 Å². The van der Waals surface area contributed by atoms with Crippen molar-refractivity contribution in [2.75, 3.05) is 17.2 Å². The van der Waals surface area contributed by atoms with E-state index in [1.165, 1.54) is 6.92 Å². The van der Waals surface area contributed by atoms with Gasteiger partial charge in [-0.25, -0.2) is 0 Å². The molecule has 2 aromatic rings. The minimum Gasteiger partial charge on any atom is -0.455 e. The smallest absolute Gasteiger partial charge is 0.310 e. The van der Waals surface area contributed by atoms with E-state index < -0.39 is 5.97 Å². The number of rotatable bonds is 7. The molecule has 0 atom stereocenters. The average molecular weight is 354 g/mol. The molecule has 0 aliphatic heterocycles. The SMILES string of the molecule is CCc1cccc(NC(=O)COC(=O)Cc2ccc(NC(C)=O)cc2)c1. The van der Waals surface area contributed by atoms with Gasteiger partial charge in [-0.3, -0.25) is 14.4 Å². The van der Waals surface area contributed by atoms with Crippen molar-refractivity contribution < 1.29 is 19.1 Å². The maximum absolute atomic E-state index is 11.9. The van der Waals surface area contributed by atoms with Gasteiger partial charge in [-0.15, -0.1) is 0 Å². The van der Waals surface area contributed by atoms with Gasteiger partial charge in [0, 0.05) is 18.3 Å². The minimum absolute atomic E-state index is 0.0545. The first-order valence-electron chi connectivity index (χ1n) is 8.37. The van der Waals surface area contributed by atoms with Gasteiger partial charge in [0.25, 0.3) is 5.91 Å². The second-order valence-electron chi connectivity index (χ2n) is 5.82. The van der Waals surface area contributed by atoms with E-state index in [9.17, 15) is 14.4 Å². The van der Waals surface area contributed by atoms with Crippen molar-refractivity contribution in [1.29, 1.82) is 0 Å². The van der Waals surface area contributed by atoms with E-state index in [2.05, 4.69) is 10.6 Å². The van der Waals surface area contributed by atoms with Crippen molar-refractivity contribution in [3.05, 3.63) is 59.7 Å². The van der Waals surface area contributed by atoms with Crippen LogP contribution in [-0.4, -0.2) is 24.4 Å². The van der Waals surface area contributed by atoms with Crippen molar-refractivity contribution in [2.45, 2.75) is 26.7 Å². The highest BCUT2D eigenvalue weighted by Gasteiger charge is 2.09. The van der Waals surface area contributed by atoms with Crippen LogP contribution in [0.3, 0.4) is 0 Å². The van der Waals surface area contributed by atoms with E-state index in [0.29, 0.717) is 11.4 Å². The second-order valence-corrected chi connectivity index (χ2v) is 5.82. The molecule has 0 radical (unpaired) electrons. The van der Waals surface area contributed by atoms with E-state index in [0.717, 1.165) is 17.5 Å². The van der Waals surface area contributed by atoms with Gasteiger partial charge in [-0.2, -0.15) is 0 Å². The largest absolute Gasteiger partial charge is 0.455 e. The van der Waals surface area contributed by atoms with Crippen molar-refractivity contribution in [2.24, 2.45) is 0 Å². The molecule has 6 nitrogen and oxygen atoms in total. The summed E-state index contributed by atoms with van der Waals surface area (Å²) in [5.74, 6) is -1.03. The predicted octanol–water partition coefficient (Wildman–Crippen LogP) is 2.93. The van der Waals surface area contributed by atoms with Crippen LogP contribution in [0.1, 0.15) is 25.0 Å². The van der Waals surface area contributed by atoms with Crippen molar-refractivity contribution in [3.8, 4) is 0 Å². The van der Waals surface area contributed by atoms with Gasteiger partial charge >= 0.3 is 5.97 Å². The Labute approximate surface area is 152 Å². The molecule has 0 aromatic heterocycles. The van der Waals surface area contributed by atoms with Crippen LogP contribution in [0.4, 0.5) is 11.4 Å². The molecule has 0 spiro atoms. The Balaban J connectivity index is 1.78. The Kier molecular flexibility index (Phi) is 6.91. The van der Waals surface area contributed by atoms with Gasteiger partial charge in [0.2, 0.25) is 5.91 Å². The highest BCUT2D eigenvalue weighted by molar-refractivity contribution is 5.93. The number of aryl methyl sites for hydroxylation is 1. The van der Waals surface area contributed by atoms with Gasteiger partial charge in [0.1, 0.15) is 0 Å². The number of hydrogen-bond acceptors (Lipinski definition) is 4. The summed E-state index contributed by atoms with van der Waals surface area (Å²) in [6.07, 6.45) is 0.929. The van der Waals surface area contributed by atoms with Crippen LogP contribution in [0, 0.1) is 0 Å². The van der Waals surface area contributed by atoms with E-state index in [4.69, 9.17) is 4.74 Å². The van der Waals surface area contributed by atoms with Gasteiger partial charge in [0.05, 0.1) is 6.42 Å². The fourth-order valence-electron chi connectivity index (χ4n) is 2.34. The summed E-state index contributed by atoms with van der Waals surface area (Å²) in [7, 11) is 0. The number of hydrogen-bond donors (Lipinski definition) is 2. The zero-order chi connectivity index (χ0) is 18.9. The molecule has 2 amide bonds. The summed E-state index contributed by atoms with van der Waals surface area (Å²) in [5.41, 5.74) is 3.19. The average Bonchev–Trinajstić information content (AvgIpc) is 2.61. The highest BCUT2D eigenvalue weighted by Crippen LogP contribution is 2.12. The van der Waals surface area contributed by atoms with E-state index in [-0.39, 0.29) is 24.8 Å². The molecule has 0 unspecified atom stereocenters. The van der Waals surface area contributed by atoms with E-state index in [1.54, 1.807) is 30.3 Å². The Hall–Kier alpha value is -3.15. The Morgan fingerprint density at radius 2 is 1.65 bits per heavy atom. The first-order chi connectivity index (χ1) is 12.5.